The molecule has 0 unspecified atom stereocenters. The molecule has 1 fully saturated rings. The Bertz CT molecular complexity index is 528. The minimum atomic E-state index is -4.46. The van der Waals surface area contributed by atoms with E-state index in [1.165, 1.54) is 6.07 Å². The van der Waals surface area contributed by atoms with Crippen LogP contribution in [0.25, 0.3) is 0 Å². The second-order valence-electron chi connectivity index (χ2n) is 5.26. The Morgan fingerprint density at radius 1 is 1.36 bits per heavy atom. The summed E-state index contributed by atoms with van der Waals surface area (Å²) in [6, 6.07) is 3.05. The van der Waals surface area contributed by atoms with Gasteiger partial charge in [0, 0.05) is 0 Å². The first-order valence-electron chi connectivity index (χ1n) is 7.24. The number of hydrogen-bond donors (Lipinski definition) is 2. The van der Waals surface area contributed by atoms with Crippen molar-refractivity contribution in [3.8, 4) is 5.75 Å². The van der Waals surface area contributed by atoms with E-state index in [4.69, 9.17) is 4.74 Å². The molecule has 1 aliphatic carbocycles. The number of halogens is 3. The quantitative estimate of drug-likeness (QED) is 0.813. The Balaban J connectivity index is 2.02. The van der Waals surface area contributed by atoms with Gasteiger partial charge in [0.05, 0.1) is 24.4 Å². The predicted octanol–water partition coefficient (Wildman–Crippen LogP) is 3.04. The van der Waals surface area contributed by atoms with Gasteiger partial charge in [-0.1, -0.05) is 0 Å². The van der Waals surface area contributed by atoms with Gasteiger partial charge in [-0.3, -0.25) is 4.79 Å². The number of ether oxygens (including phenoxy) is 1. The SMILES string of the molecule is CCOc1ccc(C(F)(F)F)cc1NC(=O)CNCC1CC1. The Hall–Kier alpha value is -1.76. The van der Waals surface area contributed by atoms with Crippen molar-refractivity contribution in [3.63, 3.8) is 0 Å². The molecule has 0 spiro atoms. The van der Waals surface area contributed by atoms with Crippen molar-refractivity contribution in [1.29, 1.82) is 0 Å². The highest BCUT2D eigenvalue weighted by Crippen LogP contribution is 2.35. The van der Waals surface area contributed by atoms with Crippen LogP contribution in [-0.4, -0.2) is 25.6 Å². The Morgan fingerprint density at radius 2 is 2.09 bits per heavy atom. The van der Waals surface area contributed by atoms with Gasteiger partial charge < -0.3 is 15.4 Å². The number of alkyl halides is 3. The zero-order valence-electron chi connectivity index (χ0n) is 12.3. The third kappa shape index (κ3) is 4.91. The maximum atomic E-state index is 12.8. The lowest BCUT2D eigenvalue weighted by Crippen LogP contribution is -2.29. The van der Waals surface area contributed by atoms with Gasteiger partial charge in [0.2, 0.25) is 5.91 Å². The van der Waals surface area contributed by atoms with Crippen LogP contribution in [0.5, 0.6) is 5.75 Å². The highest BCUT2D eigenvalue weighted by molar-refractivity contribution is 5.93. The van der Waals surface area contributed by atoms with E-state index >= 15 is 0 Å². The van der Waals surface area contributed by atoms with E-state index in [-0.39, 0.29) is 23.9 Å². The summed E-state index contributed by atoms with van der Waals surface area (Å²) in [7, 11) is 0. The molecule has 1 aromatic rings. The van der Waals surface area contributed by atoms with Gasteiger partial charge in [-0.2, -0.15) is 13.2 Å². The van der Waals surface area contributed by atoms with Crippen LogP contribution in [0.4, 0.5) is 18.9 Å². The first-order chi connectivity index (χ1) is 10.4. The fourth-order valence-corrected chi connectivity index (χ4v) is 1.99. The van der Waals surface area contributed by atoms with Gasteiger partial charge >= 0.3 is 6.18 Å². The highest BCUT2D eigenvalue weighted by atomic mass is 19.4. The summed E-state index contributed by atoms with van der Waals surface area (Å²) in [5.41, 5.74) is -0.785. The number of anilines is 1. The summed E-state index contributed by atoms with van der Waals surface area (Å²) in [4.78, 5) is 11.8. The van der Waals surface area contributed by atoms with Crippen LogP contribution in [0.1, 0.15) is 25.3 Å². The topological polar surface area (TPSA) is 50.4 Å². The van der Waals surface area contributed by atoms with Gasteiger partial charge in [-0.15, -0.1) is 0 Å². The summed E-state index contributed by atoms with van der Waals surface area (Å²) >= 11 is 0. The number of hydrogen-bond acceptors (Lipinski definition) is 3. The first-order valence-corrected chi connectivity index (χ1v) is 7.24. The van der Waals surface area contributed by atoms with Crippen molar-refractivity contribution < 1.29 is 22.7 Å². The van der Waals surface area contributed by atoms with Gasteiger partial charge in [0.25, 0.3) is 0 Å². The largest absolute Gasteiger partial charge is 0.492 e. The number of carbonyl (C=O) groups is 1. The van der Waals surface area contributed by atoms with Crippen LogP contribution < -0.4 is 15.4 Å². The van der Waals surface area contributed by atoms with Crippen LogP contribution in [0.3, 0.4) is 0 Å². The maximum Gasteiger partial charge on any atom is 0.416 e. The van der Waals surface area contributed by atoms with E-state index in [1.54, 1.807) is 6.92 Å². The minimum absolute atomic E-state index is 0.0369. The van der Waals surface area contributed by atoms with Gasteiger partial charge in [-0.05, 0) is 50.4 Å². The number of amides is 1. The van der Waals surface area contributed by atoms with Crippen LogP contribution in [0, 0.1) is 5.92 Å². The molecular weight excluding hydrogens is 297 g/mol. The Morgan fingerprint density at radius 3 is 2.68 bits per heavy atom. The summed E-state index contributed by atoms with van der Waals surface area (Å²) in [5.74, 6) is 0.465. The summed E-state index contributed by atoms with van der Waals surface area (Å²) in [6.45, 7) is 2.85. The molecule has 0 bridgehead atoms. The van der Waals surface area contributed by atoms with E-state index in [2.05, 4.69) is 10.6 Å². The zero-order chi connectivity index (χ0) is 16.2. The van der Waals surface area contributed by atoms with E-state index in [0.717, 1.165) is 31.5 Å². The average molecular weight is 316 g/mol. The zero-order valence-corrected chi connectivity index (χ0v) is 12.3. The molecule has 0 saturated heterocycles. The average Bonchev–Trinajstić information content (AvgIpc) is 3.24. The number of nitrogens with one attached hydrogen (secondary N) is 2. The molecule has 122 valence electrons. The molecule has 0 radical (unpaired) electrons. The van der Waals surface area contributed by atoms with Crippen LogP contribution >= 0.6 is 0 Å². The van der Waals surface area contributed by atoms with Crippen molar-refractivity contribution in [2.75, 3.05) is 25.0 Å². The fraction of sp³-hybridized carbons (Fsp3) is 0.533. The van der Waals surface area contributed by atoms with Gasteiger partial charge in [0.1, 0.15) is 5.75 Å². The molecule has 0 heterocycles. The molecule has 0 aromatic heterocycles. The second kappa shape index (κ2) is 7.00. The minimum Gasteiger partial charge on any atom is -0.492 e. The first kappa shape index (κ1) is 16.6. The van der Waals surface area contributed by atoms with Gasteiger partial charge in [-0.25, -0.2) is 0 Å². The van der Waals surface area contributed by atoms with E-state index in [9.17, 15) is 18.0 Å². The number of carbonyl (C=O) groups excluding carboxylic acids is 1. The van der Waals surface area contributed by atoms with E-state index in [0.29, 0.717) is 12.5 Å². The lowest BCUT2D eigenvalue weighted by Gasteiger charge is -2.15. The van der Waals surface area contributed by atoms with E-state index in [1.807, 2.05) is 0 Å². The van der Waals surface area contributed by atoms with Crippen molar-refractivity contribution in [3.05, 3.63) is 23.8 Å². The van der Waals surface area contributed by atoms with Gasteiger partial charge in [0.15, 0.2) is 0 Å². The van der Waals surface area contributed by atoms with Crippen LogP contribution in [0.2, 0.25) is 0 Å². The lowest BCUT2D eigenvalue weighted by atomic mass is 10.1. The van der Waals surface area contributed by atoms with Crippen LogP contribution in [-0.2, 0) is 11.0 Å². The molecule has 1 saturated carbocycles. The molecule has 1 aromatic carbocycles. The number of benzene rings is 1. The molecule has 4 nitrogen and oxygen atoms in total. The standard InChI is InChI=1S/C15H19F3N2O2/c1-2-22-13-6-5-11(15(16,17)18)7-12(13)20-14(21)9-19-8-10-3-4-10/h5-7,10,19H,2-4,8-9H2,1H3,(H,20,21). The molecule has 22 heavy (non-hydrogen) atoms. The van der Waals surface area contributed by atoms with Crippen molar-refractivity contribution in [1.82, 2.24) is 5.32 Å². The smallest absolute Gasteiger partial charge is 0.416 e. The predicted molar refractivity (Wildman–Crippen MR) is 76.8 cm³/mol. The third-order valence-electron chi connectivity index (χ3n) is 3.30. The van der Waals surface area contributed by atoms with E-state index < -0.39 is 11.7 Å². The highest BCUT2D eigenvalue weighted by Gasteiger charge is 2.31. The van der Waals surface area contributed by atoms with Crippen molar-refractivity contribution in [2.45, 2.75) is 25.9 Å². The normalized spacial score (nSPS) is 14.7. The monoisotopic (exact) mass is 316 g/mol. The molecular formula is C15H19F3N2O2. The summed E-state index contributed by atoms with van der Waals surface area (Å²) < 4.78 is 43.5. The molecule has 0 atom stereocenters. The summed E-state index contributed by atoms with van der Waals surface area (Å²) in [5, 5.41) is 5.46. The van der Waals surface area contributed by atoms with Crippen LogP contribution in [0.15, 0.2) is 18.2 Å². The summed E-state index contributed by atoms with van der Waals surface area (Å²) in [6.07, 6.45) is -2.14. The Kier molecular flexibility index (Phi) is 5.28. The van der Waals surface area contributed by atoms with Crippen molar-refractivity contribution in [2.24, 2.45) is 5.92 Å². The fourth-order valence-electron chi connectivity index (χ4n) is 1.99. The molecule has 1 aliphatic rings. The maximum absolute atomic E-state index is 12.8. The molecule has 1 amide bonds. The third-order valence-corrected chi connectivity index (χ3v) is 3.30. The van der Waals surface area contributed by atoms with Crippen molar-refractivity contribution >= 4 is 11.6 Å². The molecule has 0 aliphatic heterocycles. The molecule has 2 N–H and O–H groups in total. The lowest BCUT2D eigenvalue weighted by molar-refractivity contribution is -0.137. The second-order valence-corrected chi connectivity index (χ2v) is 5.26. The number of rotatable bonds is 7. The molecule has 7 heteroatoms. The Labute approximate surface area is 127 Å². The molecule has 2 rings (SSSR count).